The van der Waals surface area contributed by atoms with Crippen molar-refractivity contribution in [3.8, 4) is 10.7 Å². The van der Waals surface area contributed by atoms with Gasteiger partial charge in [0.05, 0.1) is 4.88 Å². The Morgan fingerprint density at radius 2 is 1.95 bits per heavy atom. The van der Waals surface area contributed by atoms with Crippen molar-refractivity contribution in [1.29, 1.82) is 0 Å². The van der Waals surface area contributed by atoms with E-state index in [9.17, 15) is 0 Å². The van der Waals surface area contributed by atoms with Crippen LogP contribution in [0.5, 0.6) is 0 Å². The van der Waals surface area contributed by atoms with Crippen molar-refractivity contribution < 1.29 is 0 Å². The van der Waals surface area contributed by atoms with E-state index in [1.165, 1.54) is 5.56 Å². The van der Waals surface area contributed by atoms with Crippen LogP contribution in [0.15, 0.2) is 41.8 Å². The topological polar surface area (TPSA) is 56.7 Å². The monoisotopic (exact) mass is 284 g/mol. The molecule has 0 aliphatic rings. The molecule has 5 heteroatoms. The number of rotatable bonds is 4. The van der Waals surface area contributed by atoms with Crippen LogP contribution in [0.3, 0.4) is 0 Å². The van der Waals surface area contributed by atoms with E-state index in [0.29, 0.717) is 6.54 Å². The van der Waals surface area contributed by atoms with Gasteiger partial charge in [-0.05, 0) is 22.6 Å². The van der Waals surface area contributed by atoms with Gasteiger partial charge in [0.2, 0.25) is 0 Å². The van der Waals surface area contributed by atoms with Crippen molar-refractivity contribution in [3.63, 3.8) is 0 Å². The molecule has 0 saturated heterocycles. The molecule has 3 rings (SSSR count). The Hall–Kier alpha value is -1.98. The minimum atomic E-state index is 0.547. The Balaban J connectivity index is 1.92. The first-order valence-electron chi connectivity index (χ1n) is 6.48. The molecule has 102 valence electrons. The molecule has 0 radical (unpaired) electrons. The summed E-state index contributed by atoms with van der Waals surface area (Å²) < 4.78 is 1.85. The summed E-state index contributed by atoms with van der Waals surface area (Å²) in [5.41, 5.74) is 8.16. The van der Waals surface area contributed by atoms with Gasteiger partial charge < -0.3 is 5.73 Å². The predicted octanol–water partition coefficient (Wildman–Crippen LogP) is 2.59. The highest BCUT2D eigenvalue weighted by atomic mass is 32.1. The second-order valence-electron chi connectivity index (χ2n) is 4.60. The van der Waals surface area contributed by atoms with Gasteiger partial charge in [-0.1, -0.05) is 30.3 Å². The zero-order valence-electron chi connectivity index (χ0n) is 11.3. The number of thiophene rings is 1. The summed E-state index contributed by atoms with van der Waals surface area (Å²) in [6.07, 6.45) is 0.752. The molecule has 2 N–H and O–H groups in total. The fourth-order valence-electron chi connectivity index (χ4n) is 2.18. The Bertz CT molecular complexity index is 700. The van der Waals surface area contributed by atoms with Gasteiger partial charge in [0.25, 0.3) is 0 Å². The molecule has 0 bridgehead atoms. The van der Waals surface area contributed by atoms with Crippen LogP contribution in [0.2, 0.25) is 0 Å². The van der Waals surface area contributed by atoms with Crippen molar-refractivity contribution in [2.75, 3.05) is 0 Å². The van der Waals surface area contributed by atoms with Crippen molar-refractivity contribution in [3.05, 3.63) is 58.7 Å². The maximum Gasteiger partial charge on any atom is 0.191 e. The van der Waals surface area contributed by atoms with Crippen LogP contribution in [-0.2, 0) is 20.0 Å². The summed E-state index contributed by atoms with van der Waals surface area (Å²) >= 11 is 1.65. The standard InChI is InChI=1S/C15H16N4S/c1-19-14(9-11-5-2-3-6-12(11)10-16)17-15(18-19)13-7-4-8-20-13/h2-8H,9-10,16H2,1H3. The van der Waals surface area contributed by atoms with Crippen LogP contribution < -0.4 is 5.73 Å². The minimum absolute atomic E-state index is 0.547. The first-order valence-corrected chi connectivity index (χ1v) is 7.36. The van der Waals surface area contributed by atoms with E-state index in [-0.39, 0.29) is 0 Å². The summed E-state index contributed by atoms with van der Waals surface area (Å²) in [4.78, 5) is 5.74. The molecule has 0 amide bonds. The Kier molecular flexibility index (Phi) is 3.62. The van der Waals surface area contributed by atoms with Gasteiger partial charge in [0, 0.05) is 20.0 Å². The summed E-state index contributed by atoms with van der Waals surface area (Å²) in [6.45, 7) is 0.547. The van der Waals surface area contributed by atoms with E-state index >= 15 is 0 Å². The fourth-order valence-corrected chi connectivity index (χ4v) is 2.83. The van der Waals surface area contributed by atoms with E-state index in [4.69, 9.17) is 5.73 Å². The lowest BCUT2D eigenvalue weighted by atomic mass is 10.0. The summed E-state index contributed by atoms with van der Waals surface area (Å²) in [7, 11) is 1.94. The number of aryl methyl sites for hydroxylation is 1. The average Bonchev–Trinajstić information content (AvgIpc) is 3.10. The van der Waals surface area contributed by atoms with Crippen LogP contribution in [0, 0.1) is 0 Å². The number of hydrogen-bond donors (Lipinski definition) is 1. The zero-order chi connectivity index (χ0) is 13.9. The third kappa shape index (κ3) is 2.50. The lowest BCUT2D eigenvalue weighted by Gasteiger charge is -2.06. The SMILES string of the molecule is Cn1nc(-c2cccs2)nc1Cc1ccccc1CN. The quantitative estimate of drug-likeness (QED) is 0.801. The van der Waals surface area contributed by atoms with Gasteiger partial charge in [-0.3, -0.25) is 4.68 Å². The molecular formula is C15H16N4S. The largest absolute Gasteiger partial charge is 0.326 e. The van der Waals surface area contributed by atoms with E-state index in [0.717, 1.165) is 28.5 Å². The molecule has 0 atom stereocenters. The molecule has 0 aliphatic carbocycles. The Labute approximate surface area is 121 Å². The molecule has 1 aromatic carbocycles. The van der Waals surface area contributed by atoms with E-state index in [2.05, 4.69) is 22.2 Å². The van der Waals surface area contributed by atoms with Crippen LogP contribution in [0.25, 0.3) is 10.7 Å². The third-order valence-electron chi connectivity index (χ3n) is 3.28. The van der Waals surface area contributed by atoms with Gasteiger partial charge in [-0.15, -0.1) is 11.3 Å². The van der Waals surface area contributed by atoms with E-state index in [1.54, 1.807) is 11.3 Å². The second-order valence-corrected chi connectivity index (χ2v) is 5.55. The van der Waals surface area contributed by atoms with Crippen LogP contribution >= 0.6 is 11.3 Å². The smallest absolute Gasteiger partial charge is 0.191 e. The van der Waals surface area contributed by atoms with E-state index in [1.807, 2.05) is 41.4 Å². The fraction of sp³-hybridized carbons (Fsp3) is 0.200. The van der Waals surface area contributed by atoms with E-state index < -0.39 is 0 Å². The second kappa shape index (κ2) is 5.56. The number of hydrogen-bond acceptors (Lipinski definition) is 4. The number of aromatic nitrogens is 3. The molecule has 0 saturated carbocycles. The molecule has 2 heterocycles. The normalized spacial score (nSPS) is 10.9. The van der Waals surface area contributed by atoms with Crippen LogP contribution in [0.1, 0.15) is 17.0 Å². The summed E-state index contributed by atoms with van der Waals surface area (Å²) in [5, 5.41) is 6.53. The van der Waals surface area contributed by atoms with Crippen LogP contribution in [0.4, 0.5) is 0 Å². The van der Waals surface area contributed by atoms with Gasteiger partial charge >= 0.3 is 0 Å². The molecule has 3 aromatic rings. The molecule has 0 spiro atoms. The average molecular weight is 284 g/mol. The molecule has 4 nitrogen and oxygen atoms in total. The third-order valence-corrected chi connectivity index (χ3v) is 4.15. The maximum absolute atomic E-state index is 5.78. The highest BCUT2D eigenvalue weighted by molar-refractivity contribution is 7.13. The zero-order valence-corrected chi connectivity index (χ0v) is 12.1. The number of benzene rings is 1. The summed E-state index contributed by atoms with van der Waals surface area (Å²) in [6, 6.07) is 12.3. The van der Waals surface area contributed by atoms with Crippen LogP contribution in [-0.4, -0.2) is 14.8 Å². The van der Waals surface area contributed by atoms with Crippen molar-refractivity contribution in [1.82, 2.24) is 14.8 Å². The first-order chi connectivity index (χ1) is 9.78. The highest BCUT2D eigenvalue weighted by Crippen LogP contribution is 2.22. The minimum Gasteiger partial charge on any atom is -0.326 e. The lowest BCUT2D eigenvalue weighted by Crippen LogP contribution is -2.05. The molecule has 0 aliphatic heterocycles. The predicted molar refractivity (Wildman–Crippen MR) is 81.5 cm³/mol. The first kappa shape index (κ1) is 13.0. The molecular weight excluding hydrogens is 268 g/mol. The molecule has 2 aromatic heterocycles. The van der Waals surface area contributed by atoms with Crippen molar-refractivity contribution in [2.24, 2.45) is 12.8 Å². The highest BCUT2D eigenvalue weighted by Gasteiger charge is 2.11. The molecule has 20 heavy (non-hydrogen) atoms. The number of nitrogens with two attached hydrogens (primary N) is 1. The summed E-state index contributed by atoms with van der Waals surface area (Å²) in [5.74, 6) is 1.75. The molecule has 0 unspecified atom stereocenters. The van der Waals surface area contributed by atoms with Gasteiger partial charge in [-0.25, -0.2) is 4.98 Å². The van der Waals surface area contributed by atoms with Crippen molar-refractivity contribution >= 4 is 11.3 Å². The molecule has 0 fully saturated rings. The Morgan fingerprint density at radius 1 is 1.15 bits per heavy atom. The van der Waals surface area contributed by atoms with Gasteiger partial charge in [0.1, 0.15) is 5.82 Å². The number of nitrogens with zero attached hydrogens (tertiary/aromatic N) is 3. The van der Waals surface area contributed by atoms with Gasteiger partial charge in [0.15, 0.2) is 5.82 Å². The lowest BCUT2D eigenvalue weighted by molar-refractivity contribution is 0.716. The Morgan fingerprint density at radius 3 is 2.65 bits per heavy atom. The maximum atomic E-state index is 5.78. The van der Waals surface area contributed by atoms with Gasteiger partial charge in [-0.2, -0.15) is 5.10 Å². The van der Waals surface area contributed by atoms with Crippen molar-refractivity contribution in [2.45, 2.75) is 13.0 Å².